The Balaban J connectivity index is 0.00000168. The van der Waals surface area contributed by atoms with Gasteiger partial charge in [-0.15, -0.1) is 0 Å². The van der Waals surface area contributed by atoms with E-state index in [2.05, 4.69) is 47.0 Å². The van der Waals surface area contributed by atoms with Crippen LogP contribution in [0.25, 0.3) is 0 Å². The molecule has 0 spiro atoms. The number of nitrogens with zero attached hydrogens (tertiary/aromatic N) is 1. The topological polar surface area (TPSA) is 181 Å². The van der Waals surface area contributed by atoms with Gasteiger partial charge in [0.15, 0.2) is 11.7 Å². The van der Waals surface area contributed by atoms with Gasteiger partial charge in [-0.25, -0.2) is 0 Å². The number of aliphatic imine (C=N–C) groups is 1. The molecule has 11 nitrogen and oxygen atoms in total. The Morgan fingerprint density at radius 1 is 0.947 bits per heavy atom. The molecule has 8 N–H and O–H groups in total. The van der Waals surface area contributed by atoms with Crippen molar-refractivity contribution in [1.82, 2.24) is 21.3 Å². The fraction of sp³-hybridized carbons (Fsp3) is 0.815. The van der Waals surface area contributed by atoms with Crippen LogP contribution in [-0.4, -0.2) is 67.2 Å². The lowest BCUT2D eigenvalue weighted by Gasteiger charge is -2.38. The zero-order valence-corrected chi connectivity index (χ0v) is 23.8. The monoisotopic (exact) mass is 537 g/mol. The number of unbranched alkanes of at least 4 members (excludes halogenated alkanes) is 2. The van der Waals surface area contributed by atoms with Crippen LogP contribution in [0.4, 0.5) is 0 Å². The van der Waals surface area contributed by atoms with Crippen molar-refractivity contribution in [3.05, 3.63) is 0 Å². The number of Topliss-reactive ketones (excluding diaryl/α,β-unsaturated/α-hetero) is 1. The van der Waals surface area contributed by atoms with Gasteiger partial charge >= 0.3 is 0 Å². The zero-order chi connectivity index (χ0) is 28.5. The maximum Gasteiger partial charge on any atom is 0.237 e. The first kappa shape index (κ1) is 33.3. The van der Waals surface area contributed by atoms with E-state index in [9.17, 15) is 19.2 Å². The van der Waals surface area contributed by atoms with E-state index in [0.29, 0.717) is 38.8 Å². The summed E-state index contributed by atoms with van der Waals surface area (Å²) in [6.07, 6.45) is 7.81. The maximum absolute atomic E-state index is 13.5. The Morgan fingerprint density at radius 2 is 1.66 bits per heavy atom. The number of piperidine rings is 1. The average molecular weight is 538 g/mol. The third-order valence-corrected chi connectivity index (χ3v) is 6.95. The van der Waals surface area contributed by atoms with Crippen molar-refractivity contribution in [1.29, 1.82) is 0 Å². The van der Waals surface area contributed by atoms with Gasteiger partial charge in [0.05, 0.1) is 6.04 Å². The third kappa shape index (κ3) is 11.8. The maximum atomic E-state index is 13.5. The summed E-state index contributed by atoms with van der Waals surface area (Å²) in [4.78, 5) is 54.9. The van der Waals surface area contributed by atoms with Crippen LogP contribution >= 0.6 is 0 Å². The minimum atomic E-state index is -0.684. The highest BCUT2D eigenvalue weighted by molar-refractivity contribution is 5.97. The van der Waals surface area contributed by atoms with Gasteiger partial charge in [-0.05, 0) is 32.1 Å². The largest absolute Gasteiger partial charge is 0.370 e. The Hall–Kier alpha value is -2.69. The minimum absolute atomic E-state index is 0.0165. The van der Waals surface area contributed by atoms with Crippen molar-refractivity contribution in [2.24, 2.45) is 28.3 Å². The third-order valence-electron chi connectivity index (χ3n) is 6.95. The number of piperazine rings is 1. The van der Waals surface area contributed by atoms with Crippen molar-refractivity contribution >= 4 is 29.5 Å². The Labute approximate surface area is 228 Å². The quantitative estimate of drug-likeness (QED) is 0.109. The number of ketones is 1. The molecule has 0 aromatic carbocycles. The lowest BCUT2D eigenvalue weighted by molar-refractivity contribution is -0.141. The first-order valence-corrected chi connectivity index (χ1v) is 14.4. The smallest absolute Gasteiger partial charge is 0.237 e. The zero-order valence-electron chi connectivity index (χ0n) is 23.8. The molecule has 0 saturated carbocycles. The number of carbonyl (C=O) groups is 4. The first-order chi connectivity index (χ1) is 18.2. The van der Waals surface area contributed by atoms with E-state index in [1.54, 1.807) is 0 Å². The van der Waals surface area contributed by atoms with Gasteiger partial charge in [0.1, 0.15) is 6.04 Å². The van der Waals surface area contributed by atoms with E-state index >= 15 is 0 Å². The summed E-state index contributed by atoms with van der Waals surface area (Å²) in [7, 11) is 0. The van der Waals surface area contributed by atoms with Crippen LogP contribution in [0.2, 0.25) is 0 Å². The van der Waals surface area contributed by atoms with Crippen LogP contribution in [0.1, 0.15) is 91.9 Å². The van der Waals surface area contributed by atoms with Crippen molar-refractivity contribution < 1.29 is 19.2 Å². The Bertz CT molecular complexity index is 783. The highest BCUT2D eigenvalue weighted by Crippen LogP contribution is 2.29. The fourth-order valence-electron chi connectivity index (χ4n) is 4.62. The molecule has 0 aliphatic carbocycles. The molecule has 2 aliphatic rings. The molecule has 1 unspecified atom stereocenters. The van der Waals surface area contributed by atoms with Crippen LogP contribution in [0.3, 0.4) is 0 Å². The lowest BCUT2D eigenvalue weighted by Crippen LogP contribution is -2.63. The number of nitrogens with one attached hydrogen (secondary N) is 4. The van der Waals surface area contributed by atoms with Gasteiger partial charge in [0.2, 0.25) is 17.7 Å². The highest BCUT2D eigenvalue weighted by atomic mass is 16.2. The molecule has 0 aromatic rings. The SMILES string of the molecule is CCCC.CCCC[C@@H]1NC[C@H](C(=O)C2C[C@H](CNC(=O)CCC)NC(=O)[C@@H]2CCCN=C(N)N)NC1=O. The number of carbonyl (C=O) groups excluding carboxylic acids is 4. The van der Waals surface area contributed by atoms with E-state index in [1.807, 2.05) is 6.92 Å². The lowest BCUT2D eigenvalue weighted by atomic mass is 9.75. The molecule has 0 bridgehead atoms. The van der Waals surface area contributed by atoms with Crippen molar-refractivity contribution in [2.75, 3.05) is 19.6 Å². The molecule has 2 aliphatic heterocycles. The summed E-state index contributed by atoms with van der Waals surface area (Å²) in [5.41, 5.74) is 10.8. The van der Waals surface area contributed by atoms with E-state index in [1.165, 1.54) is 12.8 Å². The van der Waals surface area contributed by atoms with Gasteiger partial charge in [0.25, 0.3) is 0 Å². The van der Waals surface area contributed by atoms with Gasteiger partial charge in [-0.3, -0.25) is 24.2 Å². The number of hydrogen-bond acceptors (Lipinski definition) is 6. The standard InChI is InChI=1S/C23H41N7O4.C4H10/c1-3-5-9-17-22(34)30-18(13-27-17)20(32)16-11-14(12-28-19(31)7-4-2)29-21(33)15(16)8-6-10-26-23(24)25;1-3-4-2/h14-18,27H,3-13H2,1-2H3,(H,28,31)(H,29,33)(H,30,34)(H4,24,25,26);3-4H2,1-2H3/t14-,15-,16?,17+,18-;/m1./s1. The molecule has 2 rings (SSSR count). The molecule has 5 atom stereocenters. The highest BCUT2D eigenvalue weighted by Gasteiger charge is 2.43. The van der Waals surface area contributed by atoms with Gasteiger partial charge in [0, 0.05) is 43.9 Å². The average Bonchev–Trinajstić information content (AvgIpc) is 2.89. The van der Waals surface area contributed by atoms with Gasteiger partial charge in [-0.2, -0.15) is 0 Å². The second-order valence-electron chi connectivity index (χ2n) is 10.2. The summed E-state index contributed by atoms with van der Waals surface area (Å²) in [5.74, 6) is -1.76. The molecule has 0 radical (unpaired) electrons. The number of hydrogen-bond donors (Lipinski definition) is 6. The predicted molar refractivity (Wildman–Crippen MR) is 150 cm³/mol. The summed E-state index contributed by atoms with van der Waals surface area (Å²) in [5, 5.41) is 11.8. The summed E-state index contributed by atoms with van der Waals surface area (Å²) >= 11 is 0. The van der Waals surface area contributed by atoms with E-state index < -0.39 is 17.9 Å². The first-order valence-electron chi connectivity index (χ1n) is 14.4. The van der Waals surface area contributed by atoms with Crippen LogP contribution in [0.15, 0.2) is 4.99 Å². The van der Waals surface area contributed by atoms with Crippen molar-refractivity contribution in [3.63, 3.8) is 0 Å². The number of nitrogens with two attached hydrogens (primary N) is 2. The van der Waals surface area contributed by atoms with E-state index in [-0.39, 0.29) is 48.1 Å². The number of rotatable bonds is 14. The van der Waals surface area contributed by atoms with E-state index in [4.69, 9.17) is 11.5 Å². The molecule has 0 aromatic heterocycles. The Morgan fingerprint density at radius 3 is 2.24 bits per heavy atom. The van der Waals surface area contributed by atoms with E-state index in [0.717, 1.165) is 25.7 Å². The molecule has 11 heteroatoms. The molecule has 38 heavy (non-hydrogen) atoms. The summed E-state index contributed by atoms with van der Waals surface area (Å²) in [6.45, 7) is 9.32. The second-order valence-corrected chi connectivity index (χ2v) is 10.2. The fourth-order valence-corrected chi connectivity index (χ4v) is 4.62. The minimum Gasteiger partial charge on any atom is -0.370 e. The summed E-state index contributed by atoms with van der Waals surface area (Å²) < 4.78 is 0. The van der Waals surface area contributed by atoms with Gasteiger partial charge < -0.3 is 32.7 Å². The Kier molecular flexibility index (Phi) is 16.3. The van der Waals surface area contributed by atoms with Crippen molar-refractivity contribution in [3.8, 4) is 0 Å². The van der Waals surface area contributed by atoms with Gasteiger partial charge in [-0.1, -0.05) is 53.4 Å². The molecular formula is C27H51N7O4. The van der Waals surface area contributed by atoms with Crippen LogP contribution < -0.4 is 32.7 Å². The second kappa shape index (κ2) is 18.5. The van der Waals surface area contributed by atoms with Crippen molar-refractivity contribution in [2.45, 2.75) is 110 Å². The predicted octanol–water partition coefficient (Wildman–Crippen LogP) is 1.10. The van der Waals surface area contributed by atoms with Crippen LogP contribution in [0, 0.1) is 11.8 Å². The molecule has 2 saturated heterocycles. The molecule has 2 fully saturated rings. The number of amides is 3. The normalized spacial score (nSPS) is 24.8. The molecular weight excluding hydrogens is 486 g/mol. The van der Waals surface area contributed by atoms with Crippen LogP contribution in [-0.2, 0) is 19.2 Å². The number of guanidine groups is 1. The van der Waals surface area contributed by atoms with Crippen LogP contribution in [0.5, 0.6) is 0 Å². The summed E-state index contributed by atoms with van der Waals surface area (Å²) in [6, 6.07) is -1.33. The molecule has 3 amide bonds. The molecule has 218 valence electrons. The molecule has 2 heterocycles.